The molecule has 0 aliphatic heterocycles. The van der Waals surface area contributed by atoms with Crippen molar-refractivity contribution in [2.45, 2.75) is 58.7 Å². The van der Waals surface area contributed by atoms with E-state index in [1.807, 2.05) is 12.4 Å². The fraction of sp³-hybridized carbons (Fsp3) is 0.818. The summed E-state index contributed by atoms with van der Waals surface area (Å²) < 4.78 is 4.90. The third-order valence-corrected chi connectivity index (χ3v) is 1.78. The summed E-state index contributed by atoms with van der Waals surface area (Å²) in [6.07, 6.45) is 0.0940. The van der Waals surface area contributed by atoms with Crippen molar-refractivity contribution >= 4 is 12.1 Å². The van der Waals surface area contributed by atoms with Crippen molar-refractivity contribution in [1.82, 2.24) is 5.48 Å². The van der Waals surface area contributed by atoms with Crippen LogP contribution in [0.2, 0.25) is 0 Å². The normalized spacial score (nSPS) is 12.9. The van der Waals surface area contributed by atoms with Crippen molar-refractivity contribution in [3.8, 4) is 0 Å². The van der Waals surface area contributed by atoms with Crippen LogP contribution in [0.5, 0.6) is 0 Å². The number of aliphatic carboxylic acids is 1. The van der Waals surface area contributed by atoms with E-state index in [0.717, 1.165) is 6.42 Å². The van der Waals surface area contributed by atoms with Crippen molar-refractivity contribution in [2.24, 2.45) is 0 Å². The Bertz CT molecular complexity index is 259. The average molecular weight is 247 g/mol. The smallest absolute Gasteiger partial charge is 0.431 e. The summed E-state index contributed by atoms with van der Waals surface area (Å²) in [6, 6.07) is 0. The first-order chi connectivity index (χ1) is 7.76. The number of rotatable bonds is 6. The number of carbonyl (C=O) groups is 2. The van der Waals surface area contributed by atoms with E-state index in [4.69, 9.17) is 14.7 Å². The number of carboxylic acids is 1. The number of hydroxylamine groups is 1. The van der Waals surface area contributed by atoms with Gasteiger partial charge in [0.2, 0.25) is 0 Å². The van der Waals surface area contributed by atoms with Gasteiger partial charge in [0, 0.05) is 0 Å². The van der Waals surface area contributed by atoms with E-state index in [1.165, 1.54) is 0 Å². The third-order valence-electron chi connectivity index (χ3n) is 1.78. The molecule has 6 heteroatoms. The first-order valence-corrected chi connectivity index (χ1v) is 5.63. The van der Waals surface area contributed by atoms with Crippen molar-refractivity contribution in [3.63, 3.8) is 0 Å². The molecule has 1 unspecified atom stereocenters. The predicted molar refractivity (Wildman–Crippen MR) is 61.4 cm³/mol. The van der Waals surface area contributed by atoms with Crippen LogP contribution >= 0.6 is 0 Å². The minimum absolute atomic E-state index is 0.349. The molecule has 0 aliphatic rings. The maximum absolute atomic E-state index is 11.2. The SMILES string of the molecule is CCCCC(ONC(=O)OC(C)(C)C)C(=O)O. The Morgan fingerprint density at radius 3 is 2.35 bits per heavy atom. The molecule has 0 saturated heterocycles. The van der Waals surface area contributed by atoms with Crippen LogP contribution in [-0.4, -0.2) is 28.9 Å². The van der Waals surface area contributed by atoms with Crippen LogP contribution in [0.3, 0.4) is 0 Å². The Hall–Kier alpha value is -1.30. The summed E-state index contributed by atoms with van der Waals surface area (Å²) in [6.45, 7) is 7.06. The Morgan fingerprint density at radius 2 is 1.94 bits per heavy atom. The summed E-state index contributed by atoms with van der Waals surface area (Å²) in [4.78, 5) is 26.8. The summed E-state index contributed by atoms with van der Waals surface area (Å²) in [5.74, 6) is -1.10. The van der Waals surface area contributed by atoms with Gasteiger partial charge in [0.05, 0.1) is 0 Å². The molecule has 0 aromatic rings. The first-order valence-electron chi connectivity index (χ1n) is 5.63. The average Bonchev–Trinajstić information content (AvgIpc) is 2.14. The van der Waals surface area contributed by atoms with Crippen molar-refractivity contribution in [1.29, 1.82) is 0 Å². The zero-order valence-electron chi connectivity index (χ0n) is 10.8. The molecule has 1 amide bonds. The summed E-state index contributed by atoms with van der Waals surface area (Å²) in [5, 5.41) is 8.83. The van der Waals surface area contributed by atoms with E-state index in [0.29, 0.717) is 12.8 Å². The Morgan fingerprint density at radius 1 is 1.35 bits per heavy atom. The quantitative estimate of drug-likeness (QED) is 0.702. The van der Waals surface area contributed by atoms with Gasteiger partial charge in [0.15, 0.2) is 6.10 Å². The number of hydrogen-bond acceptors (Lipinski definition) is 4. The number of carbonyl (C=O) groups excluding carboxylic acids is 1. The second-order valence-electron chi connectivity index (χ2n) is 4.69. The minimum atomic E-state index is -1.10. The van der Waals surface area contributed by atoms with Gasteiger partial charge in [0.1, 0.15) is 5.60 Å². The second-order valence-corrected chi connectivity index (χ2v) is 4.69. The van der Waals surface area contributed by atoms with Gasteiger partial charge in [-0.1, -0.05) is 19.8 Å². The molecular weight excluding hydrogens is 226 g/mol. The number of hydrogen-bond donors (Lipinski definition) is 2. The second kappa shape index (κ2) is 7.11. The predicted octanol–water partition coefficient (Wildman–Crippen LogP) is 2.09. The zero-order valence-corrected chi connectivity index (χ0v) is 10.8. The van der Waals surface area contributed by atoms with Crippen LogP contribution < -0.4 is 5.48 Å². The summed E-state index contributed by atoms with van der Waals surface area (Å²) in [7, 11) is 0. The molecule has 6 nitrogen and oxygen atoms in total. The number of nitrogens with one attached hydrogen (secondary N) is 1. The zero-order chi connectivity index (χ0) is 13.5. The van der Waals surface area contributed by atoms with E-state index in [2.05, 4.69) is 0 Å². The fourth-order valence-electron chi connectivity index (χ4n) is 1.04. The highest BCUT2D eigenvalue weighted by atomic mass is 16.7. The van der Waals surface area contributed by atoms with Gasteiger partial charge in [-0.25, -0.2) is 9.59 Å². The van der Waals surface area contributed by atoms with Crippen molar-refractivity contribution in [2.75, 3.05) is 0 Å². The maximum atomic E-state index is 11.2. The minimum Gasteiger partial charge on any atom is -0.479 e. The van der Waals surface area contributed by atoms with E-state index in [-0.39, 0.29) is 0 Å². The highest BCUT2D eigenvalue weighted by Gasteiger charge is 2.21. The Labute approximate surface area is 101 Å². The molecule has 0 aromatic carbocycles. The number of amides is 1. The van der Waals surface area contributed by atoms with Crippen molar-refractivity contribution < 1.29 is 24.3 Å². The van der Waals surface area contributed by atoms with Gasteiger partial charge < -0.3 is 9.84 Å². The third kappa shape index (κ3) is 8.50. The molecule has 100 valence electrons. The fourth-order valence-corrected chi connectivity index (χ4v) is 1.04. The molecule has 0 saturated carbocycles. The molecule has 0 heterocycles. The largest absolute Gasteiger partial charge is 0.479 e. The standard InChI is InChI=1S/C11H21NO5/c1-5-6-7-8(9(13)14)17-12-10(15)16-11(2,3)4/h8H,5-7H2,1-4H3,(H,12,15)(H,13,14). The van der Waals surface area contributed by atoms with Gasteiger partial charge >= 0.3 is 12.1 Å². The topological polar surface area (TPSA) is 84.9 Å². The lowest BCUT2D eigenvalue weighted by atomic mass is 10.2. The molecule has 17 heavy (non-hydrogen) atoms. The van der Waals surface area contributed by atoms with Crippen LogP contribution in [0.4, 0.5) is 4.79 Å². The highest BCUT2D eigenvalue weighted by Crippen LogP contribution is 2.08. The molecule has 0 aliphatic carbocycles. The van der Waals surface area contributed by atoms with Gasteiger partial charge in [-0.05, 0) is 27.2 Å². The maximum Gasteiger partial charge on any atom is 0.431 e. The van der Waals surface area contributed by atoms with E-state index in [9.17, 15) is 9.59 Å². The molecule has 2 N–H and O–H groups in total. The van der Waals surface area contributed by atoms with Gasteiger partial charge in [-0.2, -0.15) is 5.48 Å². The van der Waals surface area contributed by atoms with Crippen LogP contribution in [0.15, 0.2) is 0 Å². The first kappa shape index (κ1) is 15.7. The lowest BCUT2D eigenvalue weighted by Crippen LogP contribution is -2.37. The molecule has 0 radical (unpaired) electrons. The van der Waals surface area contributed by atoms with Crippen LogP contribution in [-0.2, 0) is 14.4 Å². The lowest BCUT2D eigenvalue weighted by molar-refractivity contribution is -0.155. The van der Waals surface area contributed by atoms with E-state index in [1.54, 1.807) is 20.8 Å². The highest BCUT2D eigenvalue weighted by molar-refractivity contribution is 5.73. The molecule has 1 atom stereocenters. The Kier molecular flexibility index (Phi) is 6.57. The van der Waals surface area contributed by atoms with Crippen molar-refractivity contribution in [3.05, 3.63) is 0 Å². The molecule has 0 aromatic heterocycles. The van der Waals surface area contributed by atoms with Gasteiger partial charge in [-0.3, -0.25) is 4.84 Å². The molecule has 0 spiro atoms. The number of carboxylic acid groups (broad SMARTS) is 1. The molecule has 0 fully saturated rings. The van der Waals surface area contributed by atoms with E-state index < -0.39 is 23.8 Å². The van der Waals surface area contributed by atoms with E-state index >= 15 is 0 Å². The molecular formula is C11H21NO5. The Balaban J connectivity index is 4.04. The van der Waals surface area contributed by atoms with Crippen LogP contribution in [0.25, 0.3) is 0 Å². The molecule has 0 rings (SSSR count). The van der Waals surface area contributed by atoms with Gasteiger partial charge in [-0.15, -0.1) is 0 Å². The number of unbranched alkanes of at least 4 members (excludes halogenated alkanes) is 1. The number of ether oxygens (including phenoxy) is 1. The summed E-state index contributed by atoms with van der Waals surface area (Å²) in [5.41, 5.74) is 1.34. The molecule has 0 bridgehead atoms. The van der Waals surface area contributed by atoms with Crippen LogP contribution in [0.1, 0.15) is 47.0 Å². The van der Waals surface area contributed by atoms with Gasteiger partial charge in [0.25, 0.3) is 0 Å². The summed E-state index contributed by atoms with van der Waals surface area (Å²) >= 11 is 0. The lowest BCUT2D eigenvalue weighted by Gasteiger charge is -2.20. The van der Waals surface area contributed by atoms with Crippen LogP contribution in [0, 0.1) is 0 Å². The monoisotopic (exact) mass is 247 g/mol.